The van der Waals surface area contributed by atoms with Crippen molar-refractivity contribution in [1.29, 1.82) is 0 Å². The van der Waals surface area contributed by atoms with Crippen molar-refractivity contribution in [3.05, 3.63) is 0 Å². The van der Waals surface area contributed by atoms with Crippen molar-refractivity contribution in [3.8, 4) is 0 Å². The summed E-state index contributed by atoms with van der Waals surface area (Å²) < 4.78 is 0. The Hall–Kier alpha value is -0.570. The second kappa shape index (κ2) is 4.74. The van der Waals surface area contributed by atoms with Crippen molar-refractivity contribution in [2.45, 2.75) is 57.0 Å². The molecule has 0 amide bonds. The van der Waals surface area contributed by atoms with Gasteiger partial charge < -0.3 is 5.32 Å². The minimum atomic E-state index is 0.692. The molecule has 0 aromatic heterocycles. The highest BCUT2D eigenvalue weighted by atomic mass is 15.2. The molecule has 0 saturated carbocycles. The molecule has 2 fully saturated rings. The molecule has 0 aromatic carbocycles. The normalized spacial score (nSPS) is 35.6. The molecule has 2 atom stereocenters. The van der Waals surface area contributed by atoms with E-state index in [4.69, 9.17) is 0 Å². The third-order valence-corrected chi connectivity index (χ3v) is 4.33. The Morgan fingerprint density at radius 1 is 1.06 bits per heavy atom. The number of fused-ring (bicyclic) bond motifs is 1. The van der Waals surface area contributed by atoms with E-state index in [1.54, 1.807) is 0 Å². The third-order valence-electron chi connectivity index (χ3n) is 4.33. The van der Waals surface area contributed by atoms with E-state index in [1.165, 1.54) is 63.9 Å². The summed E-state index contributed by atoms with van der Waals surface area (Å²) in [6.45, 7) is 3.67. The molecule has 2 saturated heterocycles. The van der Waals surface area contributed by atoms with Gasteiger partial charge in [-0.05, 0) is 38.6 Å². The summed E-state index contributed by atoms with van der Waals surface area (Å²) in [6, 6.07) is 1.50. The zero-order valence-electron chi connectivity index (χ0n) is 10.1. The molecule has 0 bridgehead atoms. The first-order valence-electron chi connectivity index (χ1n) is 6.97. The molecular formula is C13H23N3. The number of nitrogens with zero attached hydrogens (tertiary/aromatic N) is 2. The third kappa shape index (κ3) is 2.10. The largest absolute Gasteiger partial charge is 0.369 e. The van der Waals surface area contributed by atoms with Crippen LogP contribution in [0.3, 0.4) is 0 Å². The van der Waals surface area contributed by atoms with E-state index in [0.29, 0.717) is 6.04 Å². The van der Waals surface area contributed by atoms with Crippen LogP contribution in [0.2, 0.25) is 0 Å². The maximum absolute atomic E-state index is 4.62. The van der Waals surface area contributed by atoms with Gasteiger partial charge in [0.1, 0.15) is 0 Å². The summed E-state index contributed by atoms with van der Waals surface area (Å²) in [5, 5.41) is 3.73. The smallest absolute Gasteiger partial charge is 0.0965 e. The van der Waals surface area contributed by atoms with Gasteiger partial charge in [0.15, 0.2) is 0 Å². The molecule has 3 aliphatic heterocycles. The average Bonchev–Trinajstić information content (AvgIpc) is 2.74. The first-order chi connectivity index (χ1) is 7.93. The van der Waals surface area contributed by atoms with Gasteiger partial charge in [-0.15, -0.1) is 0 Å². The molecular weight excluding hydrogens is 198 g/mol. The number of rotatable bonds is 1. The van der Waals surface area contributed by atoms with Crippen LogP contribution in [-0.4, -0.2) is 42.5 Å². The lowest BCUT2D eigenvalue weighted by Gasteiger charge is -2.33. The summed E-state index contributed by atoms with van der Waals surface area (Å²) in [6.07, 6.45) is 9.34. The van der Waals surface area contributed by atoms with Gasteiger partial charge in [0.25, 0.3) is 0 Å². The van der Waals surface area contributed by atoms with Gasteiger partial charge in [-0.3, -0.25) is 9.89 Å². The van der Waals surface area contributed by atoms with Gasteiger partial charge in [0, 0.05) is 31.6 Å². The SMILES string of the molecule is C1CCC(NC2CCN3CCCCC23)=NC1. The van der Waals surface area contributed by atoms with Crippen LogP contribution < -0.4 is 5.32 Å². The average molecular weight is 221 g/mol. The molecule has 3 rings (SSSR count). The fraction of sp³-hybridized carbons (Fsp3) is 0.923. The summed E-state index contributed by atoms with van der Waals surface area (Å²) in [5.41, 5.74) is 0. The van der Waals surface area contributed by atoms with Crippen LogP contribution >= 0.6 is 0 Å². The Kier molecular flexibility index (Phi) is 3.13. The molecule has 1 N–H and O–H groups in total. The quantitative estimate of drug-likeness (QED) is 0.731. The van der Waals surface area contributed by atoms with E-state index in [-0.39, 0.29) is 0 Å². The van der Waals surface area contributed by atoms with Gasteiger partial charge >= 0.3 is 0 Å². The molecule has 3 aliphatic rings. The maximum Gasteiger partial charge on any atom is 0.0965 e. The zero-order chi connectivity index (χ0) is 10.8. The second-order valence-corrected chi connectivity index (χ2v) is 5.42. The number of hydrogen-bond acceptors (Lipinski definition) is 3. The minimum absolute atomic E-state index is 0.692. The van der Waals surface area contributed by atoms with Gasteiger partial charge in [-0.2, -0.15) is 0 Å². The molecule has 3 heteroatoms. The lowest BCUT2D eigenvalue weighted by atomic mass is 9.98. The second-order valence-electron chi connectivity index (χ2n) is 5.42. The number of piperidine rings is 1. The lowest BCUT2D eigenvalue weighted by molar-refractivity contribution is 0.185. The number of amidine groups is 1. The highest BCUT2D eigenvalue weighted by Gasteiger charge is 2.35. The van der Waals surface area contributed by atoms with Gasteiger partial charge in [0.05, 0.1) is 5.84 Å². The Morgan fingerprint density at radius 3 is 2.94 bits per heavy atom. The first kappa shape index (κ1) is 10.6. The van der Waals surface area contributed by atoms with Crippen LogP contribution in [0.1, 0.15) is 44.9 Å². The zero-order valence-corrected chi connectivity index (χ0v) is 10.1. The van der Waals surface area contributed by atoms with Crippen LogP contribution in [-0.2, 0) is 0 Å². The standard InChI is InChI=1S/C13H23N3/c1-3-8-14-13(6-1)15-11-7-10-16-9-4-2-5-12(11)16/h11-12H,1-10H2,(H,14,15). The minimum Gasteiger partial charge on any atom is -0.369 e. The molecule has 3 heterocycles. The Balaban J connectivity index is 1.60. The van der Waals surface area contributed by atoms with E-state index in [0.717, 1.165) is 12.6 Å². The number of aliphatic imine (C=N–C) groups is 1. The monoisotopic (exact) mass is 221 g/mol. The van der Waals surface area contributed by atoms with Crippen molar-refractivity contribution in [2.75, 3.05) is 19.6 Å². The lowest BCUT2D eigenvalue weighted by Crippen LogP contribution is -2.47. The predicted octanol–water partition coefficient (Wildman–Crippen LogP) is 1.79. The Bertz CT molecular complexity index is 274. The fourth-order valence-corrected chi connectivity index (χ4v) is 3.44. The molecule has 2 unspecified atom stereocenters. The first-order valence-corrected chi connectivity index (χ1v) is 6.97. The molecule has 16 heavy (non-hydrogen) atoms. The van der Waals surface area contributed by atoms with Crippen LogP contribution in [0, 0.1) is 0 Å². The Morgan fingerprint density at radius 2 is 2.06 bits per heavy atom. The molecule has 0 radical (unpaired) electrons. The number of hydrogen-bond donors (Lipinski definition) is 1. The molecule has 0 spiro atoms. The van der Waals surface area contributed by atoms with E-state index in [1.807, 2.05) is 0 Å². The van der Waals surface area contributed by atoms with Gasteiger partial charge in [0.2, 0.25) is 0 Å². The van der Waals surface area contributed by atoms with Crippen molar-refractivity contribution in [2.24, 2.45) is 4.99 Å². The van der Waals surface area contributed by atoms with Crippen molar-refractivity contribution in [3.63, 3.8) is 0 Å². The topological polar surface area (TPSA) is 27.6 Å². The summed E-state index contributed by atoms with van der Waals surface area (Å²) in [7, 11) is 0. The highest BCUT2D eigenvalue weighted by Crippen LogP contribution is 2.27. The van der Waals surface area contributed by atoms with Crippen molar-refractivity contribution < 1.29 is 0 Å². The highest BCUT2D eigenvalue weighted by molar-refractivity contribution is 5.83. The predicted molar refractivity (Wildman–Crippen MR) is 66.9 cm³/mol. The fourth-order valence-electron chi connectivity index (χ4n) is 3.44. The molecule has 0 aliphatic carbocycles. The molecule has 0 aromatic rings. The van der Waals surface area contributed by atoms with Crippen LogP contribution in [0.25, 0.3) is 0 Å². The van der Waals surface area contributed by atoms with Crippen LogP contribution in [0.5, 0.6) is 0 Å². The number of nitrogens with one attached hydrogen (secondary N) is 1. The van der Waals surface area contributed by atoms with Gasteiger partial charge in [-0.25, -0.2) is 0 Å². The van der Waals surface area contributed by atoms with Gasteiger partial charge in [-0.1, -0.05) is 6.42 Å². The maximum atomic E-state index is 4.62. The molecule has 3 nitrogen and oxygen atoms in total. The van der Waals surface area contributed by atoms with Crippen molar-refractivity contribution in [1.82, 2.24) is 10.2 Å². The van der Waals surface area contributed by atoms with Crippen LogP contribution in [0.4, 0.5) is 0 Å². The summed E-state index contributed by atoms with van der Waals surface area (Å²) in [5.74, 6) is 1.30. The molecule has 90 valence electrons. The summed E-state index contributed by atoms with van der Waals surface area (Å²) >= 11 is 0. The van der Waals surface area contributed by atoms with E-state index in [9.17, 15) is 0 Å². The van der Waals surface area contributed by atoms with E-state index in [2.05, 4.69) is 15.2 Å². The Labute approximate surface area is 98.3 Å². The van der Waals surface area contributed by atoms with Crippen LogP contribution in [0.15, 0.2) is 4.99 Å². The van der Waals surface area contributed by atoms with E-state index < -0.39 is 0 Å². The summed E-state index contributed by atoms with van der Waals surface area (Å²) in [4.78, 5) is 7.30. The van der Waals surface area contributed by atoms with Crippen molar-refractivity contribution >= 4 is 5.84 Å². The van der Waals surface area contributed by atoms with E-state index >= 15 is 0 Å².